The largest absolute Gasteiger partial charge is 0.372 e. The summed E-state index contributed by atoms with van der Waals surface area (Å²) in [4.78, 5) is 13.3. The zero-order valence-corrected chi connectivity index (χ0v) is 8.88. The van der Waals surface area contributed by atoms with Crippen molar-refractivity contribution in [3.05, 3.63) is 0 Å². The molecule has 0 N–H and O–H groups in total. The van der Waals surface area contributed by atoms with Crippen LogP contribution in [-0.4, -0.2) is 42.0 Å². The topological polar surface area (TPSA) is 29.5 Å². The molecule has 0 spiro atoms. The molecule has 13 heavy (non-hydrogen) atoms. The van der Waals surface area contributed by atoms with Crippen molar-refractivity contribution in [2.24, 2.45) is 0 Å². The van der Waals surface area contributed by atoms with E-state index < -0.39 is 0 Å². The minimum absolute atomic E-state index is 0.136. The fourth-order valence-electron chi connectivity index (χ4n) is 1.62. The lowest BCUT2D eigenvalue weighted by Crippen LogP contribution is -2.48. The lowest BCUT2D eigenvalue weighted by molar-refractivity contribution is -0.142. The molecule has 76 valence electrons. The molecule has 0 aromatic carbocycles. The molecule has 0 saturated carbocycles. The van der Waals surface area contributed by atoms with E-state index >= 15 is 0 Å². The molecule has 0 aromatic rings. The van der Waals surface area contributed by atoms with Crippen LogP contribution in [0.25, 0.3) is 0 Å². The molecule has 1 rings (SSSR count). The average molecular weight is 206 g/mol. The Labute approximate surface area is 84.0 Å². The Balaban J connectivity index is 2.45. The third-order valence-electron chi connectivity index (χ3n) is 2.08. The fourth-order valence-corrected chi connectivity index (χ4v) is 1.78. The highest BCUT2D eigenvalue weighted by Crippen LogP contribution is 2.11. The standard InChI is InChI=1S/C9H16ClNO2/c1-7-5-11(6-8(2)13-7)9(12)3-4-10/h7-8H,3-6H2,1-2H3/t7-,8-/m1/s1. The first-order valence-corrected chi connectivity index (χ1v) is 5.16. The summed E-state index contributed by atoms with van der Waals surface area (Å²) in [7, 11) is 0. The lowest BCUT2D eigenvalue weighted by atomic mass is 10.2. The van der Waals surface area contributed by atoms with E-state index in [0.29, 0.717) is 25.4 Å². The van der Waals surface area contributed by atoms with Crippen LogP contribution in [0, 0.1) is 0 Å². The Morgan fingerprint density at radius 1 is 1.46 bits per heavy atom. The number of hydrogen-bond acceptors (Lipinski definition) is 2. The summed E-state index contributed by atoms with van der Waals surface area (Å²) in [5.41, 5.74) is 0. The molecular formula is C9H16ClNO2. The molecular weight excluding hydrogens is 190 g/mol. The summed E-state index contributed by atoms with van der Waals surface area (Å²) in [6.07, 6.45) is 0.715. The van der Waals surface area contributed by atoms with Gasteiger partial charge in [-0.3, -0.25) is 4.79 Å². The van der Waals surface area contributed by atoms with E-state index in [1.54, 1.807) is 0 Å². The van der Waals surface area contributed by atoms with E-state index in [-0.39, 0.29) is 18.1 Å². The number of nitrogens with zero attached hydrogens (tertiary/aromatic N) is 1. The maximum absolute atomic E-state index is 11.5. The van der Waals surface area contributed by atoms with Crippen molar-refractivity contribution in [1.82, 2.24) is 4.90 Å². The van der Waals surface area contributed by atoms with Gasteiger partial charge in [-0.1, -0.05) is 0 Å². The Kier molecular flexibility index (Phi) is 4.00. The predicted molar refractivity (Wildman–Crippen MR) is 51.9 cm³/mol. The van der Waals surface area contributed by atoms with Crippen molar-refractivity contribution in [2.45, 2.75) is 32.5 Å². The first-order valence-electron chi connectivity index (χ1n) is 4.62. The molecule has 1 heterocycles. The van der Waals surface area contributed by atoms with Crippen LogP contribution < -0.4 is 0 Å². The molecule has 0 aromatic heterocycles. The van der Waals surface area contributed by atoms with Crippen molar-refractivity contribution in [3.63, 3.8) is 0 Å². The molecule has 1 aliphatic rings. The molecule has 3 nitrogen and oxygen atoms in total. The van der Waals surface area contributed by atoms with Crippen LogP contribution in [0.15, 0.2) is 0 Å². The summed E-state index contributed by atoms with van der Waals surface area (Å²) in [5.74, 6) is 0.538. The van der Waals surface area contributed by atoms with Gasteiger partial charge in [-0.2, -0.15) is 0 Å². The molecule has 1 aliphatic heterocycles. The molecule has 0 aliphatic carbocycles. The maximum Gasteiger partial charge on any atom is 0.223 e. The Morgan fingerprint density at radius 3 is 2.46 bits per heavy atom. The molecule has 0 bridgehead atoms. The monoisotopic (exact) mass is 205 g/mol. The third-order valence-corrected chi connectivity index (χ3v) is 2.27. The van der Waals surface area contributed by atoms with Crippen molar-refractivity contribution in [2.75, 3.05) is 19.0 Å². The van der Waals surface area contributed by atoms with Gasteiger partial charge >= 0.3 is 0 Å². The summed E-state index contributed by atoms with van der Waals surface area (Å²) in [5, 5.41) is 0. The Bertz CT molecular complexity index is 176. The normalized spacial score (nSPS) is 29.0. The first kappa shape index (κ1) is 10.8. The number of ether oxygens (including phenoxy) is 1. The van der Waals surface area contributed by atoms with E-state index in [2.05, 4.69) is 0 Å². The van der Waals surface area contributed by atoms with Crippen LogP contribution in [0.5, 0.6) is 0 Å². The van der Waals surface area contributed by atoms with Gasteiger partial charge < -0.3 is 9.64 Å². The van der Waals surface area contributed by atoms with E-state index in [9.17, 15) is 4.79 Å². The van der Waals surface area contributed by atoms with Gasteiger partial charge in [0.25, 0.3) is 0 Å². The van der Waals surface area contributed by atoms with Gasteiger partial charge in [-0.05, 0) is 13.8 Å². The molecule has 0 radical (unpaired) electrons. The second-order valence-corrected chi connectivity index (χ2v) is 3.87. The second-order valence-electron chi connectivity index (χ2n) is 3.50. The fraction of sp³-hybridized carbons (Fsp3) is 0.889. The predicted octanol–water partition coefficient (Wildman–Crippen LogP) is 1.25. The molecule has 0 unspecified atom stereocenters. The zero-order chi connectivity index (χ0) is 9.84. The van der Waals surface area contributed by atoms with Crippen molar-refractivity contribution in [1.29, 1.82) is 0 Å². The highest BCUT2D eigenvalue weighted by atomic mass is 35.5. The number of carbonyl (C=O) groups is 1. The van der Waals surface area contributed by atoms with E-state index in [1.807, 2.05) is 18.7 Å². The SMILES string of the molecule is C[C@@H]1CN(C(=O)CCCl)C[C@@H](C)O1. The molecule has 1 amide bonds. The van der Waals surface area contributed by atoms with Crippen molar-refractivity contribution < 1.29 is 9.53 Å². The minimum atomic E-state index is 0.136. The summed E-state index contributed by atoms with van der Waals surface area (Å²) >= 11 is 5.51. The number of rotatable bonds is 2. The van der Waals surface area contributed by atoms with Gasteiger partial charge in [0.05, 0.1) is 12.2 Å². The molecule has 1 saturated heterocycles. The van der Waals surface area contributed by atoms with Gasteiger partial charge in [0, 0.05) is 25.4 Å². The van der Waals surface area contributed by atoms with E-state index in [1.165, 1.54) is 0 Å². The number of hydrogen-bond donors (Lipinski definition) is 0. The first-order chi connectivity index (χ1) is 6.13. The van der Waals surface area contributed by atoms with E-state index in [4.69, 9.17) is 16.3 Å². The number of alkyl halides is 1. The maximum atomic E-state index is 11.5. The summed E-state index contributed by atoms with van der Waals surface area (Å²) in [6, 6.07) is 0. The third kappa shape index (κ3) is 3.16. The van der Waals surface area contributed by atoms with Crippen molar-refractivity contribution in [3.8, 4) is 0 Å². The lowest BCUT2D eigenvalue weighted by Gasteiger charge is -2.35. The van der Waals surface area contributed by atoms with Crippen LogP contribution >= 0.6 is 11.6 Å². The Morgan fingerprint density at radius 2 is 2.00 bits per heavy atom. The number of morpholine rings is 1. The quantitative estimate of drug-likeness (QED) is 0.636. The van der Waals surface area contributed by atoms with Crippen molar-refractivity contribution >= 4 is 17.5 Å². The molecule has 1 fully saturated rings. The van der Waals surface area contributed by atoms with Gasteiger partial charge in [0.1, 0.15) is 0 Å². The highest BCUT2D eigenvalue weighted by molar-refractivity contribution is 6.18. The minimum Gasteiger partial charge on any atom is -0.372 e. The summed E-state index contributed by atoms with van der Waals surface area (Å²) in [6.45, 7) is 5.35. The smallest absolute Gasteiger partial charge is 0.223 e. The van der Waals surface area contributed by atoms with Crippen LogP contribution in [0.2, 0.25) is 0 Å². The van der Waals surface area contributed by atoms with Gasteiger partial charge in [0.2, 0.25) is 5.91 Å². The second kappa shape index (κ2) is 4.82. The van der Waals surface area contributed by atoms with Gasteiger partial charge in [-0.15, -0.1) is 11.6 Å². The molecule has 4 heteroatoms. The van der Waals surface area contributed by atoms with Crippen LogP contribution in [-0.2, 0) is 9.53 Å². The summed E-state index contributed by atoms with van der Waals surface area (Å²) < 4.78 is 5.52. The molecule has 2 atom stereocenters. The van der Waals surface area contributed by atoms with Gasteiger partial charge in [-0.25, -0.2) is 0 Å². The Hall–Kier alpha value is -0.280. The van der Waals surface area contributed by atoms with Crippen LogP contribution in [0.1, 0.15) is 20.3 Å². The van der Waals surface area contributed by atoms with Crippen LogP contribution in [0.3, 0.4) is 0 Å². The average Bonchev–Trinajstić information content (AvgIpc) is 2.03. The number of carbonyl (C=O) groups excluding carboxylic acids is 1. The van der Waals surface area contributed by atoms with Gasteiger partial charge in [0.15, 0.2) is 0 Å². The highest BCUT2D eigenvalue weighted by Gasteiger charge is 2.24. The van der Waals surface area contributed by atoms with E-state index in [0.717, 1.165) is 0 Å². The number of halogens is 1. The van der Waals surface area contributed by atoms with Crippen LogP contribution in [0.4, 0.5) is 0 Å². The zero-order valence-electron chi connectivity index (χ0n) is 8.12. The number of amides is 1.